The molecular formula is C17H15ClIN3. The number of aromatic nitrogens is 2. The number of hydrogen-bond acceptors (Lipinski definition) is 3. The van der Waals surface area contributed by atoms with E-state index in [4.69, 9.17) is 11.6 Å². The lowest BCUT2D eigenvalue weighted by Gasteiger charge is -2.22. The van der Waals surface area contributed by atoms with Crippen LogP contribution in [0, 0.1) is 17.4 Å². The van der Waals surface area contributed by atoms with E-state index < -0.39 is 0 Å². The van der Waals surface area contributed by atoms with Crippen molar-refractivity contribution in [2.75, 3.05) is 11.9 Å². The van der Waals surface area contributed by atoms with Gasteiger partial charge in [-0.1, -0.05) is 17.7 Å². The molecule has 0 atom stereocenters. The summed E-state index contributed by atoms with van der Waals surface area (Å²) in [6.07, 6.45) is 1.61. The van der Waals surface area contributed by atoms with E-state index in [1.807, 2.05) is 25.2 Å². The van der Waals surface area contributed by atoms with Gasteiger partial charge in [0.2, 0.25) is 0 Å². The Morgan fingerprint density at radius 1 is 1.09 bits per heavy atom. The average Bonchev–Trinajstić information content (AvgIpc) is 2.50. The van der Waals surface area contributed by atoms with Gasteiger partial charge in [0, 0.05) is 12.4 Å². The normalized spacial score (nSPS) is 11.0. The molecule has 22 heavy (non-hydrogen) atoms. The monoisotopic (exact) mass is 423 g/mol. The van der Waals surface area contributed by atoms with Crippen LogP contribution in [-0.4, -0.2) is 17.0 Å². The Kier molecular flexibility index (Phi) is 4.23. The summed E-state index contributed by atoms with van der Waals surface area (Å²) in [5.74, 6) is 0.883. The Bertz CT molecular complexity index is 864. The summed E-state index contributed by atoms with van der Waals surface area (Å²) >= 11 is 8.51. The van der Waals surface area contributed by atoms with E-state index in [0.29, 0.717) is 0 Å². The molecule has 0 unspecified atom stereocenters. The van der Waals surface area contributed by atoms with Crippen LogP contribution < -0.4 is 4.90 Å². The van der Waals surface area contributed by atoms with Crippen LogP contribution in [0.15, 0.2) is 36.7 Å². The molecule has 0 fully saturated rings. The largest absolute Gasteiger partial charge is 0.328 e. The Morgan fingerprint density at radius 2 is 1.82 bits per heavy atom. The lowest BCUT2D eigenvalue weighted by atomic mass is 10.1. The summed E-state index contributed by atoms with van der Waals surface area (Å²) in [7, 11) is 2.00. The first-order valence-corrected chi connectivity index (χ1v) is 8.34. The molecule has 0 radical (unpaired) electrons. The third-order valence-corrected chi connectivity index (χ3v) is 5.61. The van der Waals surface area contributed by atoms with Gasteiger partial charge in [0.05, 0.1) is 19.8 Å². The first kappa shape index (κ1) is 15.5. The summed E-state index contributed by atoms with van der Waals surface area (Å²) in [5.41, 5.74) is 4.46. The van der Waals surface area contributed by atoms with E-state index in [2.05, 4.69) is 63.4 Å². The molecule has 0 aliphatic rings. The summed E-state index contributed by atoms with van der Waals surface area (Å²) < 4.78 is 1.01. The van der Waals surface area contributed by atoms with Crippen molar-refractivity contribution in [3.63, 3.8) is 0 Å². The number of halogens is 2. The van der Waals surface area contributed by atoms with E-state index in [9.17, 15) is 0 Å². The fourth-order valence-electron chi connectivity index (χ4n) is 2.43. The SMILES string of the molecule is Cc1cc2ncnc(N(C)c3cccc(Cl)c3I)c2cc1C. The number of hydrogen-bond donors (Lipinski definition) is 0. The number of nitrogens with zero attached hydrogens (tertiary/aromatic N) is 3. The molecule has 3 aromatic rings. The molecule has 0 aliphatic carbocycles. The van der Waals surface area contributed by atoms with Gasteiger partial charge in [-0.25, -0.2) is 9.97 Å². The second-order valence-electron chi connectivity index (χ2n) is 5.28. The topological polar surface area (TPSA) is 29.0 Å². The first-order chi connectivity index (χ1) is 10.5. The predicted octanol–water partition coefficient (Wildman–Crippen LogP) is 5.27. The molecular weight excluding hydrogens is 409 g/mol. The van der Waals surface area contributed by atoms with Crippen molar-refractivity contribution >= 4 is 56.6 Å². The highest BCUT2D eigenvalue weighted by molar-refractivity contribution is 14.1. The van der Waals surface area contributed by atoms with Gasteiger partial charge < -0.3 is 4.90 Å². The minimum atomic E-state index is 0.746. The predicted molar refractivity (Wildman–Crippen MR) is 101 cm³/mol. The van der Waals surface area contributed by atoms with Gasteiger partial charge in [0.1, 0.15) is 12.1 Å². The number of anilines is 2. The van der Waals surface area contributed by atoms with Gasteiger partial charge in [-0.15, -0.1) is 0 Å². The van der Waals surface area contributed by atoms with Crippen molar-refractivity contribution in [2.45, 2.75) is 13.8 Å². The van der Waals surface area contributed by atoms with Gasteiger partial charge in [-0.3, -0.25) is 0 Å². The molecule has 0 N–H and O–H groups in total. The quantitative estimate of drug-likeness (QED) is 0.526. The van der Waals surface area contributed by atoms with Crippen molar-refractivity contribution in [3.8, 4) is 0 Å². The van der Waals surface area contributed by atoms with Crippen LogP contribution in [0.3, 0.4) is 0 Å². The molecule has 0 aliphatic heterocycles. The highest BCUT2D eigenvalue weighted by Crippen LogP contribution is 2.34. The Labute approximate surface area is 148 Å². The second-order valence-corrected chi connectivity index (χ2v) is 6.77. The minimum Gasteiger partial charge on any atom is -0.328 e. The molecule has 2 aromatic carbocycles. The van der Waals surface area contributed by atoms with E-state index >= 15 is 0 Å². The Balaban J connectivity index is 2.21. The maximum absolute atomic E-state index is 6.24. The van der Waals surface area contributed by atoms with Crippen LogP contribution in [-0.2, 0) is 0 Å². The summed E-state index contributed by atoms with van der Waals surface area (Å²) in [6.45, 7) is 4.20. The van der Waals surface area contributed by atoms with Crippen LogP contribution in [0.4, 0.5) is 11.5 Å². The van der Waals surface area contributed by atoms with Gasteiger partial charge >= 0.3 is 0 Å². The van der Waals surface area contributed by atoms with E-state index in [-0.39, 0.29) is 0 Å². The number of rotatable bonds is 2. The van der Waals surface area contributed by atoms with Crippen LogP contribution in [0.1, 0.15) is 11.1 Å². The maximum Gasteiger partial charge on any atom is 0.144 e. The van der Waals surface area contributed by atoms with Crippen molar-refractivity contribution in [3.05, 3.63) is 56.4 Å². The average molecular weight is 424 g/mol. The molecule has 1 heterocycles. The standard InChI is InChI=1S/C17H15ClIN3/c1-10-7-12-14(8-11(10)2)20-9-21-17(12)22(3)15-6-4-5-13(18)16(15)19/h4-9H,1-3H3. The van der Waals surface area contributed by atoms with Gasteiger partial charge in [0.15, 0.2) is 0 Å². The van der Waals surface area contributed by atoms with E-state index in [1.165, 1.54) is 11.1 Å². The zero-order valence-electron chi connectivity index (χ0n) is 12.6. The molecule has 0 saturated heterocycles. The van der Waals surface area contributed by atoms with Crippen molar-refractivity contribution in [1.82, 2.24) is 9.97 Å². The van der Waals surface area contributed by atoms with Crippen LogP contribution >= 0.6 is 34.2 Å². The summed E-state index contributed by atoms with van der Waals surface area (Å²) in [4.78, 5) is 10.9. The Hall–Kier alpha value is -1.40. The number of aryl methyl sites for hydroxylation is 2. The number of benzene rings is 2. The molecule has 3 nitrogen and oxygen atoms in total. The fourth-order valence-corrected chi connectivity index (χ4v) is 3.33. The lowest BCUT2D eigenvalue weighted by Crippen LogP contribution is -2.13. The molecule has 1 aromatic heterocycles. The minimum absolute atomic E-state index is 0.746. The third kappa shape index (κ3) is 2.65. The van der Waals surface area contributed by atoms with Gasteiger partial charge in [-0.2, -0.15) is 0 Å². The molecule has 0 amide bonds. The fraction of sp³-hybridized carbons (Fsp3) is 0.176. The smallest absolute Gasteiger partial charge is 0.144 e. The summed E-state index contributed by atoms with van der Waals surface area (Å²) in [6, 6.07) is 10.1. The molecule has 3 rings (SSSR count). The molecule has 0 saturated carbocycles. The highest BCUT2D eigenvalue weighted by Gasteiger charge is 2.15. The number of fused-ring (bicyclic) bond motifs is 1. The highest BCUT2D eigenvalue weighted by atomic mass is 127. The third-order valence-electron chi connectivity index (χ3n) is 3.84. The van der Waals surface area contributed by atoms with Crippen molar-refractivity contribution in [2.24, 2.45) is 0 Å². The van der Waals surface area contributed by atoms with E-state index in [0.717, 1.165) is 31.0 Å². The molecule has 0 spiro atoms. The lowest BCUT2D eigenvalue weighted by molar-refractivity contribution is 1.10. The molecule has 0 bridgehead atoms. The van der Waals surface area contributed by atoms with Gasteiger partial charge in [-0.05, 0) is 71.8 Å². The first-order valence-electron chi connectivity index (χ1n) is 6.88. The summed E-state index contributed by atoms with van der Waals surface area (Å²) in [5, 5.41) is 1.79. The maximum atomic E-state index is 6.24. The zero-order valence-corrected chi connectivity index (χ0v) is 15.5. The molecule has 112 valence electrons. The second kappa shape index (κ2) is 6.01. The zero-order chi connectivity index (χ0) is 15.9. The van der Waals surface area contributed by atoms with E-state index in [1.54, 1.807) is 6.33 Å². The van der Waals surface area contributed by atoms with Crippen LogP contribution in [0.2, 0.25) is 5.02 Å². The van der Waals surface area contributed by atoms with Crippen molar-refractivity contribution in [1.29, 1.82) is 0 Å². The van der Waals surface area contributed by atoms with Crippen molar-refractivity contribution < 1.29 is 0 Å². The molecule has 5 heteroatoms. The Morgan fingerprint density at radius 3 is 2.59 bits per heavy atom. The van der Waals surface area contributed by atoms with Crippen LogP contribution in [0.25, 0.3) is 10.9 Å². The van der Waals surface area contributed by atoms with Crippen LogP contribution in [0.5, 0.6) is 0 Å². The van der Waals surface area contributed by atoms with Gasteiger partial charge in [0.25, 0.3) is 0 Å².